The van der Waals surface area contributed by atoms with Gasteiger partial charge in [0.05, 0.1) is 19.1 Å². The second kappa shape index (κ2) is 7.13. The molecule has 1 atom stereocenters. The van der Waals surface area contributed by atoms with Crippen LogP contribution < -0.4 is 5.32 Å². The topological polar surface area (TPSA) is 72.9 Å². The second-order valence-electron chi connectivity index (χ2n) is 4.32. The van der Waals surface area contributed by atoms with Crippen molar-refractivity contribution in [3.05, 3.63) is 12.7 Å². The Morgan fingerprint density at radius 3 is 3.06 bits per heavy atom. The van der Waals surface area contributed by atoms with Crippen molar-refractivity contribution in [1.82, 2.24) is 15.1 Å². The van der Waals surface area contributed by atoms with Crippen LogP contribution in [0.15, 0.2) is 12.7 Å². The molecule has 1 aliphatic heterocycles. The molecule has 0 aliphatic carbocycles. The Balaban J connectivity index is 2.52. The molecule has 0 bridgehead atoms. The number of hydrogen-bond donors (Lipinski definition) is 2. The number of aliphatic hydroxyl groups excluding tert-OH is 1. The number of likely N-dealkylation sites (N-methyl/N-ethyl adjacent to an activating group) is 1. The first-order chi connectivity index (χ1) is 8.60. The first-order valence-electron chi connectivity index (χ1n) is 6.08. The van der Waals surface area contributed by atoms with Crippen LogP contribution in [-0.2, 0) is 9.59 Å². The van der Waals surface area contributed by atoms with E-state index in [1.807, 2.05) is 0 Å². The van der Waals surface area contributed by atoms with Crippen LogP contribution in [0.4, 0.5) is 0 Å². The number of aliphatic hydroxyl groups is 1. The lowest BCUT2D eigenvalue weighted by Crippen LogP contribution is -2.56. The number of hydrogen-bond acceptors (Lipinski definition) is 4. The Kier molecular flexibility index (Phi) is 5.80. The number of nitrogens with one attached hydrogen (secondary N) is 1. The zero-order valence-corrected chi connectivity index (χ0v) is 10.8. The monoisotopic (exact) mass is 255 g/mol. The molecular weight excluding hydrogens is 234 g/mol. The lowest BCUT2D eigenvalue weighted by Gasteiger charge is -2.32. The summed E-state index contributed by atoms with van der Waals surface area (Å²) in [5, 5.41) is 11.8. The van der Waals surface area contributed by atoms with Gasteiger partial charge in [0.15, 0.2) is 0 Å². The van der Waals surface area contributed by atoms with Crippen LogP contribution in [0.1, 0.15) is 6.42 Å². The fraction of sp³-hybridized carbons (Fsp3) is 0.667. The molecule has 0 aromatic carbocycles. The van der Waals surface area contributed by atoms with Gasteiger partial charge < -0.3 is 20.2 Å². The van der Waals surface area contributed by atoms with E-state index in [2.05, 4.69) is 11.9 Å². The van der Waals surface area contributed by atoms with Gasteiger partial charge in [0.1, 0.15) is 0 Å². The van der Waals surface area contributed by atoms with Crippen molar-refractivity contribution in [2.75, 3.05) is 39.8 Å². The van der Waals surface area contributed by atoms with Crippen molar-refractivity contribution in [3.8, 4) is 0 Å². The predicted octanol–water partition coefficient (Wildman–Crippen LogP) is -1.19. The fourth-order valence-corrected chi connectivity index (χ4v) is 1.89. The van der Waals surface area contributed by atoms with Crippen LogP contribution >= 0.6 is 0 Å². The molecule has 0 aromatic heterocycles. The molecule has 0 spiro atoms. The summed E-state index contributed by atoms with van der Waals surface area (Å²) < 4.78 is 0. The number of carbonyl (C=O) groups excluding carboxylic acids is 2. The summed E-state index contributed by atoms with van der Waals surface area (Å²) in [6.07, 6.45) is 1.81. The average Bonchev–Trinajstić information content (AvgIpc) is 2.34. The molecule has 18 heavy (non-hydrogen) atoms. The van der Waals surface area contributed by atoms with Crippen LogP contribution in [0.25, 0.3) is 0 Å². The molecule has 1 heterocycles. The SMILES string of the molecule is C=CCN1CCNC(CC(=O)N(C)CCO)C1=O. The van der Waals surface area contributed by atoms with Gasteiger partial charge in [0.25, 0.3) is 0 Å². The zero-order valence-electron chi connectivity index (χ0n) is 10.8. The molecule has 1 fully saturated rings. The Bertz CT molecular complexity index is 320. The van der Waals surface area contributed by atoms with Gasteiger partial charge in [-0.3, -0.25) is 9.59 Å². The van der Waals surface area contributed by atoms with Gasteiger partial charge in [0.2, 0.25) is 11.8 Å². The minimum absolute atomic E-state index is 0.0631. The maximum atomic E-state index is 12.0. The molecule has 0 aromatic rings. The number of rotatable bonds is 6. The Hall–Kier alpha value is -1.40. The zero-order chi connectivity index (χ0) is 13.5. The van der Waals surface area contributed by atoms with Crippen molar-refractivity contribution in [3.63, 3.8) is 0 Å². The van der Waals surface area contributed by atoms with Gasteiger partial charge in [-0.1, -0.05) is 6.08 Å². The third-order valence-corrected chi connectivity index (χ3v) is 2.97. The third-order valence-electron chi connectivity index (χ3n) is 2.97. The molecule has 2 N–H and O–H groups in total. The van der Waals surface area contributed by atoms with Crippen LogP contribution in [-0.4, -0.2) is 72.6 Å². The molecule has 102 valence electrons. The molecule has 6 heteroatoms. The summed E-state index contributed by atoms with van der Waals surface area (Å²) in [5.74, 6) is -0.206. The van der Waals surface area contributed by atoms with E-state index in [9.17, 15) is 9.59 Å². The number of nitrogens with zero attached hydrogens (tertiary/aromatic N) is 2. The summed E-state index contributed by atoms with van der Waals surface area (Å²) in [6.45, 7) is 5.66. The predicted molar refractivity (Wildman–Crippen MR) is 67.9 cm³/mol. The van der Waals surface area contributed by atoms with Crippen molar-refractivity contribution < 1.29 is 14.7 Å². The Morgan fingerprint density at radius 1 is 1.72 bits per heavy atom. The van der Waals surface area contributed by atoms with Crippen LogP contribution in [0.3, 0.4) is 0 Å². The highest BCUT2D eigenvalue weighted by Crippen LogP contribution is 2.06. The number of amides is 2. The minimum Gasteiger partial charge on any atom is -0.395 e. The van der Waals surface area contributed by atoms with Gasteiger partial charge in [-0.25, -0.2) is 0 Å². The maximum absolute atomic E-state index is 12.0. The molecule has 0 radical (unpaired) electrons. The largest absolute Gasteiger partial charge is 0.395 e. The molecule has 1 aliphatic rings. The maximum Gasteiger partial charge on any atom is 0.240 e. The van der Waals surface area contributed by atoms with Crippen LogP contribution in [0.5, 0.6) is 0 Å². The van der Waals surface area contributed by atoms with Gasteiger partial charge in [-0.2, -0.15) is 0 Å². The summed E-state index contributed by atoms with van der Waals surface area (Å²) in [7, 11) is 1.62. The van der Waals surface area contributed by atoms with E-state index in [4.69, 9.17) is 5.11 Å². The molecule has 1 saturated heterocycles. The highest BCUT2D eigenvalue weighted by Gasteiger charge is 2.30. The fourth-order valence-electron chi connectivity index (χ4n) is 1.89. The lowest BCUT2D eigenvalue weighted by molar-refractivity contribution is -0.140. The van der Waals surface area contributed by atoms with Crippen LogP contribution in [0, 0.1) is 0 Å². The van der Waals surface area contributed by atoms with E-state index < -0.39 is 6.04 Å². The first-order valence-corrected chi connectivity index (χ1v) is 6.08. The Labute approximate surface area is 107 Å². The average molecular weight is 255 g/mol. The molecule has 1 unspecified atom stereocenters. The van der Waals surface area contributed by atoms with E-state index in [0.29, 0.717) is 19.6 Å². The highest BCUT2D eigenvalue weighted by atomic mass is 16.3. The lowest BCUT2D eigenvalue weighted by atomic mass is 10.1. The third kappa shape index (κ3) is 3.82. The molecule has 2 amide bonds. The van der Waals surface area contributed by atoms with Gasteiger partial charge in [-0.05, 0) is 0 Å². The van der Waals surface area contributed by atoms with Gasteiger partial charge in [-0.15, -0.1) is 6.58 Å². The number of carbonyl (C=O) groups is 2. The summed E-state index contributed by atoms with van der Waals surface area (Å²) >= 11 is 0. The molecule has 6 nitrogen and oxygen atoms in total. The standard InChI is InChI=1S/C12H21N3O3/c1-3-5-15-6-4-13-10(12(15)18)9-11(17)14(2)7-8-16/h3,10,13,16H,1,4-9H2,2H3. The first kappa shape index (κ1) is 14.7. The van der Waals surface area contributed by atoms with Crippen molar-refractivity contribution in [2.24, 2.45) is 0 Å². The second-order valence-corrected chi connectivity index (χ2v) is 4.32. The van der Waals surface area contributed by atoms with Crippen molar-refractivity contribution >= 4 is 11.8 Å². The van der Waals surface area contributed by atoms with E-state index >= 15 is 0 Å². The minimum atomic E-state index is -0.465. The smallest absolute Gasteiger partial charge is 0.240 e. The van der Waals surface area contributed by atoms with Crippen LogP contribution in [0.2, 0.25) is 0 Å². The van der Waals surface area contributed by atoms with E-state index in [-0.39, 0.29) is 31.4 Å². The summed E-state index contributed by atoms with van der Waals surface area (Å²) in [4.78, 5) is 26.9. The van der Waals surface area contributed by atoms with Crippen molar-refractivity contribution in [1.29, 1.82) is 0 Å². The van der Waals surface area contributed by atoms with Gasteiger partial charge in [0, 0.05) is 33.2 Å². The highest BCUT2D eigenvalue weighted by molar-refractivity contribution is 5.88. The van der Waals surface area contributed by atoms with Crippen molar-refractivity contribution in [2.45, 2.75) is 12.5 Å². The summed E-state index contributed by atoms with van der Waals surface area (Å²) in [6, 6.07) is -0.465. The van der Waals surface area contributed by atoms with Gasteiger partial charge >= 0.3 is 0 Å². The quantitative estimate of drug-likeness (QED) is 0.586. The molecular formula is C12H21N3O3. The van der Waals surface area contributed by atoms with E-state index in [0.717, 1.165) is 0 Å². The van der Waals surface area contributed by atoms with E-state index in [1.54, 1.807) is 18.0 Å². The number of piperazine rings is 1. The molecule has 1 rings (SSSR count). The molecule has 0 saturated carbocycles. The Morgan fingerprint density at radius 2 is 2.44 bits per heavy atom. The van der Waals surface area contributed by atoms with E-state index in [1.165, 1.54) is 4.90 Å². The normalized spacial score (nSPS) is 19.8. The summed E-state index contributed by atoms with van der Waals surface area (Å²) in [5.41, 5.74) is 0.